The van der Waals surface area contributed by atoms with Crippen molar-refractivity contribution in [1.29, 1.82) is 0 Å². The third-order valence-electron chi connectivity index (χ3n) is 1.98. The number of carboxylic acid groups (broad SMARTS) is 1. The highest BCUT2D eigenvalue weighted by Crippen LogP contribution is 2.14. The molecule has 1 heterocycles. The molecule has 5 nitrogen and oxygen atoms in total. The molecule has 0 saturated heterocycles. The predicted octanol–water partition coefficient (Wildman–Crippen LogP) is -0.0596. The molecule has 0 aliphatic carbocycles. The lowest BCUT2D eigenvalue weighted by Crippen LogP contribution is -2.44. The molecular formula is C8H13N3O2S. The zero-order chi connectivity index (χ0) is 10.9. The molecule has 1 aromatic heterocycles. The second kappa shape index (κ2) is 3.62. The van der Waals surface area contributed by atoms with Crippen LogP contribution in [-0.2, 0) is 18.3 Å². The van der Waals surface area contributed by atoms with Crippen LogP contribution in [0.15, 0.2) is 6.20 Å². The molecular weight excluding hydrogens is 202 g/mol. The molecule has 1 unspecified atom stereocenters. The zero-order valence-corrected chi connectivity index (χ0v) is 8.95. The number of imidazole rings is 1. The van der Waals surface area contributed by atoms with Gasteiger partial charge in [-0.1, -0.05) is 0 Å². The molecule has 0 aliphatic rings. The van der Waals surface area contributed by atoms with Gasteiger partial charge in [0.2, 0.25) is 0 Å². The van der Waals surface area contributed by atoms with Crippen LogP contribution < -0.4 is 5.73 Å². The van der Waals surface area contributed by atoms with Crippen molar-refractivity contribution in [3.05, 3.63) is 17.7 Å². The van der Waals surface area contributed by atoms with E-state index in [0.29, 0.717) is 5.69 Å². The third-order valence-corrected chi connectivity index (χ3v) is 2.33. The van der Waals surface area contributed by atoms with Crippen LogP contribution in [0.1, 0.15) is 11.5 Å². The van der Waals surface area contributed by atoms with Gasteiger partial charge in [-0.25, -0.2) is 9.78 Å². The highest BCUT2D eigenvalue weighted by molar-refractivity contribution is 7.82. The lowest BCUT2D eigenvalue weighted by molar-refractivity contribution is -0.139. The third kappa shape index (κ3) is 2.27. The van der Waals surface area contributed by atoms with Crippen molar-refractivity contribution in [2.24, 2.45) is 12.8 Å². The van der Waals surface area contributed by atoms with Crippen LogP contribution in [0, 0.1) is 6.92 Å². The lowest BCUT2D eigenvalue weighted by atomic mass is 10.2. The maximum absolute atomic E-state index is 10.7. The first kappa shape index (κ1) is 11.1. The van der Waals surface area contributed by atoms with Gasteiger partial charge in [-0.05, 0) is 6.92 Å². The fraction of sp³-hybridized carbons (Fsp3) is 0.500. The number of hydrogen-bond acceptors (Lipinski definition) is 4. The first-order chi connectivity index (χ1) is 6.33. The van der Waals surface area contributed by atoms with Gasteiger partial charge in [0, 0.05) is 19.7 Å². The molecule has 0 aromatic carbocycles. The molecule has 0 spiro atoms. The van der Waals surface area contributed by atoms with E-state index in [9.17, 15) is 4.79 Å². The first-order valence-corrected chi connectivity index (χ1v) is 4.51. The first-order valence-electron chi connectivity index (χ1n) is 4.06. The lowest BCUT2D eigenvalue weighted by Gasteiger charge is -2.15. The van der Waals surface area contributed by atoms with Gasteiger partial charge in [-0.15, -0.1) is 12.6 Å². The predicted molar refractivity (Wildman–Crippen MR) is 55.2 cm³/mol. The molecule has 0 bridgehead atoms. The summed E-state index contributed by atoms with van der Waals surface area (Å²) in [6, 6.07) is 0. The van der Waals surface area contributed by atoms with Gasteiger partial charge in [0.15, 0.2) is 4.87 Å². The van der Waals surface area contributed by atoms with E-state index in [0.717, 1.165) is 5.82 Å². The standard InChI is InChI=1S/C8H13N3O2S/c1-5-10-6(4-11(5)2)3-8(9,14)7(12)13/h4,14H,3,9H2,1-2H3,(H,12,13). The summed E-state index contributed by atoms with van der Waals surface area (Å²) in [5, 5.41) is 8.74. The molecule has 0 aliphatic heterocycles. The van der Waals surface area contributed by atoms with E-state index in [-0.39, 0.29) is 6.42 Å². The minimum absolute atomic E-state index is 0.104. The molecule has 6 heteroatoms. The summed E-state index contributed by atoms with van der Waals surface area (Å²) in [6.45, 7) is 1.83. The van der Waals surface area contributed by atoms with Crippen LogP contribution in [0.3, 0.4) is 0 Å². The van der Waals surface area contributed by atoms with Crippen LogP contribution in [0.25, 0.3) is 0 Å². The number of hydrogen-bond donors (Lipinski definition) is 3. The summed E-state index contributed by atoms with van der Waals surface area (Å²) in [5.41, 5.74) is 6.10. The van der Waals surface area contributed by atoms with Crippen molar-refractivity contribution in [3.63, 3.8) is 0 Å². The van der Waals surface area contributed by atoms with E-state index in [2.05, 4.69) is 17.6 Å². The van der Waals surface area contributed by atoms with Crippen LogP contribution in [0.5, 0.6) is 0 Å². The number of aryl methyl sites for hydroxylation is 2. The van der Waals surface area contributed by atoms with E-state index in [1.54, 1.807) is 10.8 Å². The fourth-order valence-corrected chi connectivity index (χ4v) is 1.23. The Bertz CT molecular complexity index is 340. The SMILES string of the molecule is Cc1nc(CC(N)(S)C(=O)O)cn1C. The molecule has 1 rings (SSSR count). The Balaban J connectivity index is 2.84. The monoisotopic (exact) mass is 215 g/mol. The van der Waals surface area contributed by atoms with Crippen molar-refractivity contribution in [2.45, 2.75) is 18.2 Å². The Morgan fingerprint density at radius 2 is 2.43 bits per heavy atom. The molecule has 0 radical (unpaired) electrons. The van der Waals surface area contributed by atoms with E-state index >= 15 is 0 Å². The molecule has 0 saturated carbocycles. The van der Waals surface area contributed by atoms with Crippen LogP contribution in [0.2, 0.25) is 0 Å². The minimum Gasteiger partial charge on any atom is -0.479 e. The van der Waals surface area contributed by atoms with Crippen molar-refractivity contribution >= 4 is 18.6 Å². The Hall–Kier alpha value is -1.01. The van der Waals surface area contributed by atoms with E-state index in [4.69, 9.17) is 10.8 Å². The summed E-state index contributed by atoms with van der Waals surface area (Å²) in [7, 11) is 1.84. The van der Waals surface area contributed by atoms with E-state index < -0.39 is 10.8 Å². The molecule has 14 heavy (non-hydrogen) atoms. The molecule has 0 fully saturated rings. The smallest absolute Gasteiger partial charge is 0.334 e. The number of carbonyl (C=O) groups is 1. The number of nitrogens with zero attached hydrogens (tertiary/aromatic N) is 2. The Morgan fingerprint density at radius 3 is 2.79 bits per heavy atom. The van der Waals surface area contributed by atoms with Crippen LogP contribution >= 0.6 is 12.6 Å². The van der Waals surface area contributed by atoms with E-state index in [1.807, 2.05) is 14.0 Å². The van der Waals surface area contributed by atoms with Gasteiger partial charge in [0.05, 0.1) is 5.69 Å². The molecule has 0 amide bonds. The van der Waals surface area contributed by atoms with Crippen LogP contribution in [0.4, 0.5) is 0 Å². The second-order valence-corrected chi connectivity index (χ2v) is 4.09. The van der Waals surface area contributed by atoms with Gasteiger partial charge in [-0.2, -0.15) is 0 Å². The number of aliphatic carboxylic acids is 1. The van der Waals surface area contributed by atoms with Crippen molar-refractivity contribution in [2.75, 3.05) is 0 Å². The molecule has 78 valence electrons. The average molecular weight is 215 g/mol. The summed E-state index contributed by atoms with van der Waals surface area (Å²) in [6.07, 6.45) is 1.85. The largest absolute Gasteiger partial charge is 0.479 e. The van der Waals surface area contributed by atoms with Gasteiger partial charge in [0.1, 0.15) is 5.82 Å². The molecule has 1 aromatic rings. The van der Waals surface area contributed by atoms with E-state index in [1.165, 1.54) is 0 Å². The van der Waals surface area contributed by atoms with Crippen molar-refractivity contribution < 1.29 is 9.90 Å². The van der Waals surface area contributed by atoms with Gasteiger partial charge < -0.3 is 15.4 Å². The van der Waals surface area contributed by atoms with Crippen LogP contribution in [-0.4, -0.2) is 25.5 Å². The average Bonchev–Trinajstić information content (AvgIpc) is 2.29. The summed E-state index contributed by atoms with van der Waals surface area (Å²) < 4.78 is 1.81. The van der Waals surface area contributed by atoms with Gasteiger partial charge in [-0.3, -0.25) is 0 Å². The number of aromatic nitrogens is 2. The number of rotatable bonds is 3. The quantitative estimate of drug-likeness (QED) is 0.487. The highest BCUT2D eigenvalue weighted by atomic mass is 32.1. The minimum atomic E-state index is -1.55. The Labute approximate surface area is 87.3 Å². The Kier molecular flexibility index (Phi) is 2.86. The van der Waals surface area contributed by atoms with Crippen molar-refractivity contribution in [1.82, 2.24) is 9.55 Å². The Morgan fingerprint density at radius 1 is 1.86 bits per heavy atom. The second-order valence-electron chi connectivity index (χ2n) is 3.30. The number of carboxylic acids is 1. The zero-order valence-electron chi connectivity index (χ0n) is 8.06. The topological polar surface area (TPSA) is 81.1 Å². The maximum Gasteiger partial charge on any atom is 0.334 e. The van der Waals surface area contributed by atoms with Crippen molar-refractivity contribution in [3.8, 4) is 0 Å². The highest BCUT2D eigenvalue weighted by Gasteiger charge is 2.30. The maximum atomic E-state index is 10.7. The van der Waals surface area contributed by atoms with Gasteiger partial charge >= 0.3 is 5.97 Å². The normalized spacial score (nSPS) is 15.1. The summed E-state index contributed by atoms with van der Waals surface area (Å²) in [5.74, 6) is -0.335. The molecule has 3 N–H and O–H groups in total. The summed E-state index contributed by atoms with van der Waals surface area (Å²) in [4.78, 5) is 13.3. The summed E-state index contributed by atoms with van der Waals surface area (Å²) >= 11 is 3.87. The fourth-order valence-electron chi connectivity index (χ4n) is 1.07. The number of nitrogens with two attached hydrogens (primary N) is 1. The number of thiol groups is 1. The van der Waals surface area contributed by atoms with Gasteiger partial charge in [0.25, 0.3) is 0 Å². The molecule has 1 atom stereocenters.